The summed E-state index contributed by atoms with van der Waals surface area (Å²) in [6, 6.07) is 14.8. The Hall–Kier alpha value is -3.32. The molecule has 0 aliphatic rings. The zero-order valence-corrected chi connectivity index (χ0v) is 15.3. The van der Waals surface area contributed by atoms with E-state index in [1.807, 2.05) is 60.1 Å². The van der Waals surface area contributed by atoms with Gasteiger partial charge in [-0.05, 0) is 17.2 Å². The predicted octanol–water partition coefficient (Wildman–Crippen LogP) is 2.47. The van der Waals surface area contributed by atoms with Crippen molar-refractivity contribution in [2.75, 3.05) is 7.11 Å². The zero-order valence-electron chi connectivity index (χ0n) is 15.3. The van der Waals surface area contributed by atoms with E-state index in [9.17, 15) is 9.59 Å². The van der Waals surface area contributed by atoms with Crippen molar-refractivity contribution in [3.05, 3.63) is 71.4 Å². The van der Waals surface area contributed by atoms with Crippen molar-refractivity contribution in [3.8, 4) is 0 Å². The van der Waals surface area contributed by atoms with E-state index in [0.717, 1.165) is 22.0 Å². The topological polar surface area (TPSA) is 84.4 Å². The second-order valence-corrected chi connectivity index (χ2v) is 6.13. The first-order valence-corrected chi connectivity index (χ1v) is 8.54. The molecule has 0 unspecified atom stereocenters. The summed E-state index contributed by atoms with van der Waals surface area (Å²) in [6.45, 7) is 0.798. The number of benzene rings is 2. The first-order valence-electron chi connectivity index (χ1n) is 8.54. The Morgan fingerprint density at radius 2 is 1.70 bits per heavy atom. The smallest absolute Gasteiger partial charge is 0.333 e. The summed E-state index contributed by atoms with van der Waals surface area (Å²) in [7, 11) is 3.50. The molecule has 0 aliphatic heterocycles. The lowest BCUT2D eigenvalue weighted by Crippen LogP contribution is -2.46. The number of nitrogens with zero attached hydrogens (tertiary/aromatic N) is 1. The van der Waals surface area contributed by atoms with Gasteiger partial charge in [0.05, 0.1) is 12.2 Å². The second-order valence-electron chi connectivity index (χ2n) is 6.13. The van der Waals surface area contributed by atoms with Crippen LogP contribution in [-0.2, 0) is 24.9 Å². The highest BCUT2D eigenvalue weighted by molar-refractivity contribution is 6.07. The van der Waals surface area contributed by atoms with Crippen LogP contribution in [-0.4, -0.2) is 23.6 Å². The van der Waals surface area contributed by atoms with Crippen molar-refractivity contribution < 1.29 is 14.3 Å². The maximum absolute atomic E-state index is 12.4. The molecule has 0 saturated carbocycles. The monoisotopic (exact) mass is 366 g/mol. The molecule has 0 spiro atoms. The van der Waals surface area contributed by atoms with E-state index in [0.29, 0.717) is 18.7 Å². The van der Waals surface area contributed by atoms with Crippen molar-refractivity contribution in [3.63, 3.8) is 0 Å². The molecule has 7 nitrogen and oxygen atoms in total. The van der Waals surface area contributed by atoms with Gasteiger partial charge in [-0.1, -0.05) is 42.5 Å². The summed E-state index contributed by atoms with van der Waals surface area (Å²) >= 11 is 0. The third kappa shape index (κ3) is 4.27. The number of methoxy groups -OCH3 is 1. The number of nitrogens with one attached hydrogen (secondary N) is 3. The molecule has 0 atom stereocenters. The van der Waals surface area contributed by atoms with Gasteiger partial charge in [-0.25, -0.2) is 10.2 Å². The SMILES string of the molecule is COCc1ccccc1CNC(=O)NNC(=O)c1cn(C)c2ccccc12. The van der Waals surface area contributed by atoms with Crippen LogP contribution in [0.25, 0.3) is 10.9 Å². The highest BCUT2D eigenvalue weighted by Crippen LogP contribution is 2.19. The van der Waals surface area contributed by atoms with Gasteiger partial charge in [0.15, 0.2) is 0 Å². The van der Waals surface area contributed by atoms with Crippen LogP contribution in [0.15, 0.2) is 54.7 Å². The van der Waals surface area contributed by atoms with Gasteiger partial charge in [-0.15, -0.1) is 0 Å². The average molecular weight is 366 g/mol. The van der Waals surface area contributed by atoms with E-state index in [2.05, 4.69) is 16.2 Å². The van der Waals surface area contributed by atoms with E-state index in [1.54, 1.807) is 13.3 Å². The first kappa shape index (κ1) is 18.5. The van der Waals surface area contributed by atoms with Crippen LogP contribution in [0.3, 0.4) is 0 Å². The molecular weight excluding hydrogens is 344 g/mol. The summed E-state index contributed by atoms with van der Waals surface area (Å²) in [4.78, 5) is 24.4. The molecule has 3 rings (SSSR count). The molecule has 3 amide bonds. The highest BCUT2D eigenvalue weighted by Gasteiger charge is 2.14. The van der Waals surface area contributed by atoms with Crippen molar-refractivity contribution in [2.24, 2.45) is 7.05 Å². The number of hydrogen-bond donors (Lipinski definition) is 3. The minimum Gasteiger partial charge on any atom is -0.380 e. The van der Waals surface area contributed by atoms with Gasteiger partial charge in [0.1, 0.15) is 0 Å². The number of aryl methyl sites for hydroxylation is 1. The Morgan fingerprint density at radius 3 is 2.48 bits per heavy atom. The number of hydrazine groups is 1. The molecule has 0 saturated heterocycles. The lowest BCUT2D eigenvalue weighted by molar-refractivity contribution is 0.0937. The van der Waals surface area contributed by atoms with Crippen LogP contribution < -0.4 is 16.2 Å². The van der Waals surface area contributed by atoms with Crippen LogP contribution >= 0.6 is 0 Å². The third-order valence-electron chi connectivity index (χ3n) is 4.29. The molecule has 7 heteroatoms. The fraction of sp³-hybridized carbons (Fsp3) is 0.200. The van der Waals surface area contributed by atoms with Gasteiger partial charge in [0.25, 0.3) is 5.91 Å². The normalized spacial score (nSPS) is 10.6. The lowest BCUT2D eigenvalue weighted by Gasteiger charge is -2.11. The summed E-state index contributed by atoms with van der Waals surface area (Å²) in [5.74, 6) is -0.373. The quantitative estimate of drug-likeness (QED) is 0.607. The van der Waals surface area contributed by atoms with Crippen LogP contribution in [0.4, 0.5) is 4.79 Å². The molecule has 1 heterocycles. The van der Waals surface area contributed by atoms with E-state index in [-0.39, 0.29) is 5.91 Å². The Morgan fingerprint density at radius 1 is 1.00 bits per heavy atom. The lowest BCUT2D eigenvalue weighted by atomic mass is 10.1. The van der Waals surface area contributed by atoms with Crippen LogP contribution in [0.1, 0.15) is 21.5 Å². The van der Waals surface area contributed by atoms with Gasteiger partial charge in [0, 0.05) is 37.8 Å². The van der Waals surface area contributed by atoms with Crippen molar-refractivity contribution >= 4 is 22.8 Å². The first-order chi connectivity index (χ1) is 13.1. The maximum Gasteiger partial charge on any atom is 0.333 e. The van der Waals surface area contributed by atoms with Crippen LogP contribution in [0.2, 0.25) is 0 Å². The molecule has 27 heavy (non-hydrogen) atoms. The van der Waals surface area contributed by atoms with Gasteiger partial charge >= 0.3 is 6.03 Å². The number of rotatable bonds is 5. The Labute approximate surface area is 157 Å². The molecular formula is C20H22N4O3. The van der Waals surface area contributed by atoms with Gasteiger partial charge in [-0.2, -0.15) is 0 Å². The molecule has 1 aromatic heterocycles. The van der Waals surface area contributed by atoms with Crippen molar-refractivity contribution in [1.29, 1.82) is 0 Å². The summed E-state index contributed by atoms with van der Waals surface area (Å²) < 4.78 is 7.03. The largest absolute Gasteiger partial charge is 0.380 e. The fourth-order valence-electron chi connectivity index (χ4n) is 2.95. The van der Waals surface area contributed by atoms with E-state index in [1.165, 1.54) is 0 Å². The molecule has 2 aromatic carbocycles. The maximum atomic E-state index is 12.4. The second kappa shape index (κ2) is 8.37. The predicted molar refractivity (Wildman–Crippen MR) is 103 cm³/mol. The molecule has 0 aliphatic carbocycles. The molecule has 0 radical (unpaired) electrons. The number of amides is 3. The molecule has 3 aromatic rings. The van der Waals surface area contributed by atoms with Crippen molar-refractivity contribution in [2.45, 2.75) is 13.2 Å². The third-order valence-corrected chi connectivity index (χ3v) is 4.29. The van der Waals surface area contributed by atoms with Gasteiger partial charge in [-0.3, -0.25) is 10.2 Å². The minimum absolute atomic E-state index is 0.329. The Balaban J connectivity index is 1.57. The van der Waals surface area contributed by atoms with Crippen molar-refractivity contribution in [1.82, 2.24) is 20.7 Å². The Bertz CT molecular complexity index is 965. The fourth-order valence-corrected chi connectivity index (χ4v) is 2.95. The van der Waals surface area contributed by atoms with E-state index in [4.69, 9.17) is 4.74 Å². The average Bonchev–Trinajstić information content (AvgIpc) is 3.03. The number of aromatic nitrogens is 1. The highest BCUT2D eigenvalue weighted by atomic mass is 16.5. The molecule has 3 N–H and O–H groups in total. The summed E-state index contributed by atoms with van der Waals surface area (Å²) in [5.41, 5.74) is 8.23. The van der Waals surface area contributed by atoms with Gasteiger partial charge in [0.2, 0.25) is 0 Å². The Kier molecular flexibility index (Phi) is 5.73. The minimum atomic E-state index is -0.490. The summed E-state index contributed by atoms with van der Waals surface area (Å²) in [6.07, 6.45) is 1.74. The number of urea groups is 1. The van der Waals surface area contributed by atoms with E-state index >= 15 is 0 Å². The standard InChI is InChI=1S/C20H22N4O3/c1-24-12-17(16-9-5-6-10-18(16)24)19(25)22-23-20(26)21-11-14-7-3-4-8-15(14)13-27-2/h3-10,12H,11,13H2,1-2H3,(H,22,25)(H2,21,23,26). The van der Waals surface area contributed by atoms with Crippen LogP contribution in [0, 0.1) is 0 Å². The molecule has 0 bridgehead atoms. The summed E-state index contributed by atoms with van der Waals surface area (Å²) in [5, 5.41) is 3.55. The number of hydrogen-bond acceptors (Lipinski definition) is 3. The molecule has 0 fully saturated rings. The molecule has 140 valence electrons. The van der Waals surface area contributed by atoms with Gasteiger partial charge < -0.3 is 14.6 Å². The van der Waals surface area contributed by atoms with Crippen LogP contribution in [0.5, 0.6) is 0 Å². The van der Waals surface area contributed by atoms with E-state index < -0.39 is 6.03 Å². The zero-order chi connectivity index (χ0) is 19.2. The number of carbonyl (C=O) groups is 2. The number of ether oxygens (including phenoxy) is 1. The number of carbonyl (C=O) groups excluding carboxylic acids is 2. The number of para-hydroxylation sites is 1. The number of fused-ring (bicyclic) bond motifs is 1.